The predicted molar refractivity (Wildman–Crippen MR) is 53.5 cm³/mol. The average Bonchev–Trinajstić information content (AvgIpc) is 2.09. The standard InChI is InChI=1S/C10H16N2O/c1-10(2,7-11)8-12-6-4-3-5-9(12)13/h3-6H,7-8,11H2,1-2H3. The van der Waals surface area contributed by atoms with E-state index in [0.29, 0.717) is 13.1 Å². The molecule has 0 fully saturated rings. The third-order valence-electron chi connectivity index (χ3n) is 2.05. The highest BCUT2D eigenvalue weighted by Gasteiger charge is 2.16. The molecule has 0 radical (unpaired) electrons. The van der Waals surface area contributed by atoms with Crippen LogP contribution in [0.5, 0.6) is 0 Å². The Balaban J connectivity index is 2.87. The van der Waals surface area contributed by atoms with Gasteiger partial charge < -0.3 is 10.3 Å². The van der Waals surface area contributed by atoms with E-state index < -0.39 is 0 Å². The minimum absolute atomic E-state index is 0.0226. The minimum Gasteiger partial charge on any atom is -0.330 e. The van der Waals surface area contributed by atoms with E-state index >= 15 is 0 Å². The maximum atomic E-state index is 11.3. The van der Waals surface area contributed by atoms with Crippen LogP contribution in [0.4, 0.5) is 0 Å². The Morgan fingerprint density at radius 3 is 2.69 bits per heavy atom. The van der Waals surface area contributed by atoms with Gasteiger partial charge in [0.1, 0.15) is 0 Å². The first kappa shape index (κ1) is 9.99. The van der Waals surface area contributed by atoms with Gasteiger partial charge in [0.25, 0.3) is 5.56 Å². The largest absolute Gasteiger partial charge is 0.330 e. The maximum absolute atomic E-state index is 11.3. The molecule has 1 heterocycles. The van der Waals surface area contributed by atoms with E-state index in [1.807, 2.05) is 19.9 Å². The van der Waals surface area contributed by atoms with Crippen molar-refractivity contribution in [2.24, 2.45) is 11.1 Å². The zero-order valence-electron chi connectivity index (χ0n) is 8.16. The van der Waals surface area contributed by atoms with Crippen LogP contribution in [0.2, 0.25) is 0 Å². The van der Waals surface area contributed by atoms with Crippen molar-refractivity contribution in [3.05, 3.63) is 34.7 Å². The summed E-state index contributed by atoms with van der Waals surface area (Å²) in [5.41, 5.74) is 5.60. The van der Waals surface area contributed by atoms with E-state index in [1.54, 1.807) is 22.9 Å². The molecule has 3 heteroatoms. The Labute approximate surface area is 78.2 Å². The van der Waals surface area contributed by atoms with Crippen LogP contribution in [0.15, 0.2) is 29.2 Å². The van der Waals surface area contributed by atoms with Gasteiger partial charge in [0.15, 0.2) is 0 Å². The molecule has 0 bridgehead atoms. The summed E-state index contributed by atoms with van der Waals surface area (Å²) in [6, 6.07) is 5.16. The van der Waals surface area contributed by atoms with Crippen molar-refractivity contribution >= 4 is 0 Å². The highest BCUT2D eigenvalue weighted by Crippen LogP contribution is 2.14. The average molecular weight is 180 g/mol. The molecule has 1 rings (SSSR count). The third kappa shape index (κ3) is 2.70. The van der Waals surface area contributed by atoms with E-state index in [-0.39, 0.29) is 11.0 Å². The predicted octanol–water partition coefficient (Wildman–Crippen LogP) is 0.833. The zero-order valence-corrected chi connectivity index (χ0v) is 8.16. The fourth-order valence-electron chi connectivity index (χ4n) is 1.12. The molecule has 0 saturated carbocycles. The lowest BCUT2D eigenvalue weighted by atomic mass is 9.94. The van der Waals surface area contributed by atoms with E-state index in [1.165, 1.54) is 0 Å². The summed E-state index contributed by atoms with van der Waals surface area (Å²) in [5.74, 6) is 0. The molecule has 72 valence electrons. The molecule has 0 spiro atoms. The first-order chi connectivity index (χ1) is 6.05. The Morgan fingerprint density at radius 2 is 2.15 bits per heavy atom. The number of nitrogens with two attached hydrogens (primary N) is 1. The Hall–Kier alpha value is -1.09. The molecular formula is C10H16N2O. The second-order valence-electron chi connectivity index (χ2n) is 4.04. The van der Waals surface area contributed by atoms with Crippen LogP contribution in [0.25, 0.3) is 0 Å². The molecule has 3 nitrogen and oxygen atoms in total. The molecule has 0 aliphatic heterocycles. The van der Waals surface area contributed by atoms with Crippen molar-refractivity contribution < 1.29 is 0 Å². The number of aromatic nitrogens is 1. The summed E-state index contributed by atoms with van der Waals surface area (Å²) < 4.78 is 1.69. The monoisotopic (exact) mass is 180 g/mol. The van der Waals surface area contributed by atoms with Crippen molar-refractivity contribution in [2.75, 3.05) is 6.54 Å². The van der Waals surface area contributed by atoms with E-state index in [4.69, 9.17) is 5.73 Å². The van der Waals surface area contributed by atoms with Crippen molar-refractivity contribution in [3.63, 3.8) is 0 Å². The second-order valence-corrected chi connectivity index (χ2v) is 4.04. The molecule has 0 aliphatic rings. The lowest BCUT2D eigenvalue weighted by molar-refractivity contribution is 0.313. The van der Waals surface area contributed by atoms with Gasteiger partial charge in [0.05, 0.1) is 0 Å². The summed E-state index contributed by atoms with van der Waals surface area (Å²) in [6.07, 6.45) is 1.79. The number of hydrogen-bond acceptors (Lipinski definition) is 2. The molecule has 2 N–H and O–H groups in total. The summed E-state index contributed by atoms with van der Waals surface area (Å²) in [4.78, 5) is 11.3. The highest BCUT2D eigenvalue weighted by molar-refractivity contribution is 4.94. The van der Waals surface area contributed by atoms with Crippen LogP contribution in [-0.4, -0.2) is 11.1 Å². The quantitative estimate of drug-likeness (QED) is 0.749. The number of rotatable bonds is 3. The van der Waals surface area contributed by atoms with Gasteiger partial charge in [-0.15, -0.1) is 0 Å². The van der Waals surface area contributed by atoms with Gasteiger partial charge in [-0.3, -0.25) is 4.79 Å². The number of nitrogens with zero attached hydrogens (tertiary/aromatic N) is 1. The van der Waals surface area contributed by atoms with Gasteiger partial charge in [-0.05, 0) is 18.0 Å². The van der Waals surface area contributed by atoms with E-state index in [9.17, 15) is 4.79 Å². The third-order valence-corrected chi connectivity index (χ3v) is 2.05. The fraction of sp³-hybridized carbons (Fsp3) is 0.500. The summed E-state index contributed by atoms with van der Waals surface area (Å²) in [7, 11) is 0. The van der Waals surface area contributed by atoms with Crippen molar-refractivity contribution in [1.29, 1.82) is 0 Å². The molecule has 1 aromatic heterocycles. The van der Waals surface area contributed by atoms with Crippen LogP contribution < -0.4 is 11.3 Å². The minimum atomic E-state index is -0.0226. The molecular weight excluding hydrogens is 164 g/mol. The molecule has 0 aliphatic carbocycles. The second kappa shape index (κ2) is 3.75. The van der Waals surface area contributed by atoms with Gasteiger partial charge in [-0.1, -0.05) is 19.9 Å². The van der Waals surface area contributed by atoms with Crippen LogP contribution in [0.3, 0.4) is 0 Å². The summed E-state index contributed by atoms with van der Waals surface area (Å²) >= 11 is 0. The lowest BCUT2D eigenvalue weighted by Gasteiger charge is -2.23. The van der Waals surface area contributed by atoms with Crippen LogP contribution >= 0.6 is 0 Å². The van der Waals surface area contributed by atoms with Gasteiger partial charge >= 0.3 is 0 Å². The molecule has 0 unspecified atom stereocenters. The first-order valence-electron chi connectivity index (χ1n) is 4.41. The van der Waals surface area contributed by atoms with Gasteiger partial charge in [0, 0.05) is 18.8 Å². The molecule has 1 aromatic rings. The molecule has 0 atom stereocenters. The van der Waals surface area contributed by atoms with E-state index in [0.717, 1.165) is 0 Å². The van der Waals surface area contributed by atoms with Gasteiger partial charge in [-0.25, -0.2) is 0 Å². The van der Waals surface area contributed by atoms with Crippen molar-refractivity contribution in [3.8, 4) is 0 Å². The Kier molecular flexibility index (Phi) is 2.88. The lowest BCUT2D eigenvalue weighted by Crippen LogP contribution is -2.32. The fourth-order valence-corrected chi connectivity index (χ4v) is 1.12. The number of hydrogen-bond donors (Lipinski definition) is 1. The van der Waals surface area contributed by atoms with E-state index in [2.05, 4.69) is 0 Å². The summed E-state index contributed by atoms with van der Waals surface area (Å²) in [6.45, 7) is 5.34. The molecule has 0 aromatic carbocycles. The maximum Gasteiger partial charge on any atom is 0.250 e. The smallest absolute Gasteiger partial charge is 0.250 e. The summed E-state index contributed by atoms with van der Waals surface area (Å²) in [5, 5.41) is 0. The van der Waals surface area contributed by atoms with Crippen LogP contribution in [0.1, 0.15) is 13.8 Å². The first-order valence-corrected chi connectivity index (χ1v) is 4.41. The molecule has 13 heavy (non-hydrogen) atoms. The number of pyridine rings is 1. The Morgan fingerprint density at radius 1 is 1.46 bits per heavy atom. The SMILES string of the molecule is CC(C)(CN)Cn1ccccc1=O. The highest BCUT2D eigenvalue weighted by atomic mass is 16.1. The molecule has 0 saturated heterocycles. The normalized spacial score (nSPS) is 11.6. The molecule has 0 amide bonds. The van der Waals surface area contributed by atoms with Crippen molar-refractivity contribution in [2.45, 2.75) is 20.4 Å². The van der Waals surface area contributed by atoms with Gasteiger partial charge in [-0.2, -0.15) is 0 Å². The van der Waals surface area contributed by atoms with Crippen molar-refractivity contribution in [1.82, 2.24) is 4.57 Å². The zero-order chi connectivity index (χ0) is 9.90. The van der Waals surface area contributed by atoms with Crippen LogP contribution in [0, 0.1) is 5.41 Å². The van der Waals surface area contributed by atoms with Gasteiger partial charge in [0.2, 0.25) is 0 Å². The topological polar surface area (TPSA) is 48.0 Å². The van der Waals surface area contributed by atoms with Crippen LogP contribution in [-0.2, 0) is 6.54 Å². The Bertz CT molecular complexity index is 328.